The van der Waals surface area contributed by atoms with Gasteiger partial charge in [0.25, 0.3) is 3.79 Å². The number of hydrogen-bond donors (Lipinski definition) is 1. The fourth-order valence-electron chi connectivity index (χ4n) is 8.27. The third kappa shape index (κ3) is 6.21. The molecule has 2 bridgehead atoms. The van der Waals surface area contributed by atoms with Crippen molar-refractivity contribution in [3.05, 3.63) is 35.5 Å². The second-order valence-electron chi connectivity index (χ2n) is 14.3. The second-order valence-corrected chi connectivity index (χ2v) is 16.6. The normalized spacial score (nSPS) is 47.2. The van der Waals surface area contributed by atoms with E-state index in [1.807, 2.05) is 6.08 Å². The van der Waals surface area contributed by atoms with Crippen molar-refractivity contribution in [2.45, 2.75) is 137 Å². The van der Waals surface area contributed by atoms with Crippen molar-refractivity contribution in [1.82, 2.24) is 0 Å². The molecule has 5 aliphatic heterocycles. The summed E-state index contributed by atoms with van der Waals surface area (Å²) in [7, 11) is 0. The largest absolute Gasteiger partial charge is 0.462 e. The number of rotatable bonds is 2. The Morgan fingerprint density at radius 1 is 1.13 bits per heavy atom. The molecule has 0 aromatic heterocycles. The highest BCUT2D eigenvalue weighted by molar-refractivity contribution is 6.75. The Labute approximate surface area is 285 Å². The summed E-state index contributed by atoms with van der Waals surface area (Å²) in [5.74, 6) is -3.19. The molecule has 0 radical (unpaired) electrons. The van der Waals surface area contributed by atoms with E-state index < -0.39 is 63.1 Å². The Balaban J connectivity index is 1.37. The maximum Gasteiger partial charge on any atom is 0.359 e. The maximum atomic E-state index is 14.3. The number of carbonyl (C=O) groups excluding carboxylic acids is 2. The topological polar surface area (TPSA) is 113 Å². The molecule has 9 nitrogen and oxygen atoms in total. The van der Waals surface area contributed by atoms with Crippen molar-refractivity contribution >= 4 is 46.7 Å². The van der Waals surface area contributed by atoms with Crippen LogP contribution in [0.4, 0.5) is 0 Å². The Bertz CT molecular complexity index is 1310. The summed E-state index contributed by atoms with van der Waals surface area (Å²) >= 11 is 17.5. The van der Waals surface area contributed by atoms with Crippen LogP contribution in [0.1, 0.15) is 79.6 Å². The Morgan fingerprint density at radius 2 is 1.89 bits per heavy atom. The summed E-state index contributed by atoms with van der Waals surface area (Å²) in [4.78, 5) is 26.9. The number of carbonyl (C=O) groups is 2. The average molecular weight is 704 g/mol. The fraction of sp³-hybridized carbons (Fsp3) is 0.765. The summed E-state index contributed by atoms with van der Waals surface area (Å²) < 4.78 is 35.3. The summed E-state index contributed by atoms with van der Waals surface area (Å²) in [5, 5.41) is 12.7. The number of halogens is 3. The van der Waals surface area contributed by atoms with Crippen LogP contribution in [-0.2, 0) is 38.0 Å². The molecule has 2 spiro atoms. The van der Waals surface area contributed by atoms with Gasteiger partial charge in [-0.25, -0.2) is 4.79 Å². The predicted octanol–water partition coefficient (Wildman–Crippen LogP) is 6.06. The second kappa shape index (κ2) is 12.6. The summed E-state index contributed by atoms with van der Waals surface area (Å²) in [6.07, 6.45) is 9.15. The minimum Gasteiger partial charge on any atom is -0.462 e. The van der Waals surface area contributed by atoms with E-state index in [-0.39, 0.29) is 24.7 Å². The van der Waals surface area contributed by atoms with E-state index in [9.17, 15) is 14.7 Å². The first kappa shape index (κ1) is 34.7. The van der Waals surface area contributed by atoms with E-state index in [1.54, 1.807) is 13.0 Å². The molecule has 46 heavy (non-hydrogen) atoms. The van der Waals surface area contributed by atoms with Crippen LogP contribution < -0.4 is 0 Å². The van der Waals surface area contributed by atoms with E-state index in [4.69, 9.17) is 63.2 Å². The van der Waals surface area contributed by atoms with Crippen LogP contribution in [0.25, 0.3) is 0 Å². The van der Waals surface area contributed by atoms with E-state index in [0.29, 0.717) is 37.2 Å². The van der Waals surface area contributed by atoms with Crippen LogP contribution in [0.2, 0.25) is 0 Å². The van der Waals surface area contributed by atoms with Gasteiger partial charge in [-0.05, 0) is 56.9 Å². The number of hydrogen-bond acceptors (Lipinski definition) is 9. The Morgan fingerprint density at radius 3 is 2.61 bits per heavy atom. The van der Waals surface area contributed by atoms with Gasteiger partial charge in [0.1, 0.15) is 29.8 Å². The number of fused-ring (bicyclic) bond motifs is 2. The standard InChI is InChI=1S/C34H45Cl3O9/c1-6-25-20(4)11-12-31(45-25)16-23-15-22(44-31)9-7-18(2)13-19(3)8-10-26-32(46-26)17-41-28-27(43-30(39)34(35,36)37)21(5)14-24(29(38)42-23)33(28,32)40/h7-8,10,14,19-20,22-28,40H,6,9,11-13,15-17H2,1-5H3/b10-8?,18-7-/t19-,20-,22+,23-,24-,25+,26-,27+,28+,31+,32+,33+/m0/s1. The molecule has 4 fully saturated rings. The van der Waals surface area contributed by atoms with Crippen LogP contribution >= 0.6 is 34.8 Å². The highest BCUT2D eigenvalue weighted by atomic mass is 35.6. The Kier molecular flexibility index (Phi) is 9.51. The monoisotopic (exact) mass is 702 g/mol. The van der Waals surface area contributed by atoms with Gasteiger partial charge < -0.3 is 33.5 Å². The highest BCUT2D eigenvalue weighted by Gasteiger charge is 2.80. The molecule has 1 N–H and O–H groups in total. The highest BCUT2D eigenvalue weighted by Crippen LogP contribution is 2.59. The first-order valence-corrected chi connectivity index (χ1v) is 17.6. The average Bonchev–Trinajstić information content (AvgIpc) is 3.63. The molecule has 6 rings (SSSR count). The van der Waals surface area contributed by atoms with E-state index in [0.717, 1.165) is 19.3 Å². The molecule has 0 unspecified atom stereocenters. The van der Waals surface area contributed by atoms with Gasteiger partial charge in [0.2, 0.25) is 0 Å². The van der Waals surface area contributed by atoms with Gasteiger partial charge in [0.05, 0.1) is 18.8 Å². The molecule has 1 aliphatic carbocycles. The molecular weight excluding hydrogens is 659 g/mol. The lowest BCUT2D eigenvalue weighted by molar-refractivity contribution is -0.335. The van der Waals surface area contributed by atoms with Gasteiger partial charge in [-0.15, -0.1) is 0 Å². The number of epoxide rings is 1. The van der Waals surface area contributed by atoms with Crippen molar-refractivity contribution in [2.24, 2.45) is 17.8 Å². The molecule has 4 saturated heterocycles. The van der Waals surface area contributed by atoms with E-state index in [1.165, 1.54) is 5.57 Å². The van der Waals surface area contributed by atoms with E-state index >= 15 is 0 Å². The molecule has 0 aromatic carbocycles. The molecule has 0 aromatic rings. The van der Waals surface area contributed by atoms with Gasteiger partial charge in [-0.2, -0.15) is 0 Å². The van der Waals surface area contributed by atoms with Crippen molar-refractivity contribution in [2.75, 3.05) is 6.61 Å². The zero-order valence-electron chi connectivity index (χ0n) is 27.0. The zero-order valence-corrected chi connectivity index (χ0v) is 29.3. The fourth-order valence-corrected chi connectivity index (χ4v) is 8.41. The molecule has 0 amide bonds. The minimum atomic E-state index is -2.34. The van der Waals surface area contributed by atoms with Crippen LogP contribution in [-0.4, -0.2) is 81.1 Å². The summed E-state index contributed by atoms with van der Waals surface area (Å²) in [5.41, 5.74) is -1.52. The lowest BCUT2D eigenvalue weighted by Gasteiger charge is -2.50. The zero-order chi connectivity index (χ0) is 33.2. The van der Waals surface area contributed by atoms with Crippen LogP contribution in [0, 0.1) is 17.8 Å². The number of esters is 2. The summed E-state index contributed by atoms with van der Waals surface area (Å²) in [6.45, 7) is 10.2. The number of ether oxygens (including phenoxy) is 6. The van der Waals surface area contributed by atoms with Gasteiger partial charge in [-0.1, -0.05) is 85.5 Å². The Hall–Kier alpha value is -1.17. The van der Waals surface area contributed by atoms with Gasteiger partial charge >= 0.3 is 11.9 Å². The van der Waals surface area contributed by atoms with Crippen molar-refractivity contribution in [3.8, 4) is 0 Å². The maximum absolute atomic E-state index is 14.3. The molecular formula is C34H45Cl3O9. The molecule has 0 saturated carbocycles. The van der Waals surface area contributed by atoms with Crippen LogP contribution in [0.3, 0.4) is 0 Å². The minimum absolute atomic E-state index is 0.0317. The van der Waals surface area contributed by atoms with Crippen molar-refractivity contribution < 1.29 is 43.1 Å². The number of allylic oxidation sites excluding steroid dienone is 2. The molecule has 5 heterocycles. The summed E-state index contributed by atoms with van der Waals surface area (Å²) in [6, 6.07) is 0. The van der Waals surface area contributed by atoms with Crippen LogP contribution in [0.5, 0.6) is 0 Å². The number of alkyl halides is 3. The molecule has 12 heteroatoms. The first-order valence-electron chi connectivity index (χ1n) is 16.5. The molecule has 6 aliphatic rings. The van der Waals surface area contributed by atoms with Gasteiger partial charge in [0, 0.05) is 19.3 Å². The molecule has 256 valence electrons. The quantitative estimate of drug-likeness (QED) is 0.159. The van der Waals surface area contributed by atoms with E-state index in [2.05, 4.69) is 39.8 Å². The predicted molar refractivity (Wildman–Crippen MR) is 171 cm³/mol. The smallest absolute Gasteiger partial charge is 0.359 e. The third-order valence-electron chi connectivity index (χ3n) is 10.8. The first-order chi connectivity index (χ1) is 21.6. The lowest BCUT2D eigenvalue weighted by Crippen LogP contribution is -2.64. The van der Waals surface area contributed by atoms with Crippen molar-refractivity contribution in [1.29, 1.82) is 0 Å². The molecule has 12 atom stereocenters. The van der Waals surface area contributed by atoms with Crippen LogP contribution in [0.15, 0.2) is 35.5 Å². The van der Waals surface area contributed by atoms with Gasteiger partial charge in [0.15, 0.2) is 17.5 Å². The van der Waals surface area contributed by atoms with Gasteiger partial charge in [-0.3, -0.25) is 4.79 Å². The lowest BCUT2D eigenvalue weighted by atomic mass is 9.67. The third-order valence-corrected chi connectivity index (χ3v) is 11.2. The number of aliphatic hydroxyl groups is 1. The SMILES string of the molecule is CC[C@H]1O[C@]2(CC[C@@H]1C)C[C@@H]1C[C@@H](C/C=C(/C)C[C@@H](C)C=C[C@@H]3O[C@]34CO[C@@H]3[C@H](OC(=O)C(Cl)(Cl)Cl)C(C)=C[C@@H](C(=O)O1)[C@@]34O)O2. The van der Waals surface area contributed by atoms with Crippen molar-refractivity contribution in [3.63, 3.8) is 0 Å².